The third-order valence-corrected chi connectivity index (χ3v) is 2.81. The first-order valence-electron chi connectivity index (χ1n) is 7.39. The highest BCUT2D eigenvalue weighted by Crippen LogP contribution is 2.20. The van der Waals surface area contributed by atoms with Gasteiger partial charge >= 0.3 is 0 Å². The van der Waals surface area contributed by atoms with E-state index in [2.05, 4.69) is 26.1 Å². The molecule has 0 aliphatic carbocycles. The minimum atomic E-state index is -0.269. The van der Waals surface area contributed by atoms with E-state index in [4.69, 9.17) is 0 Å². The molecular weight excluding hydrogens is 262 g/mol. The van der Waals surface area contributed by atoms with Crippen LogP contribution in [0.15, 0.2) is 24.3 Å². The molecule has 1 aromatic rings. The molecular formula is C18H27NO2. The van der Waals surface area contributed by atoms with Crippen LogP contribution in [0.4, 0.5) is 0 Å². The molecule has 0 unspecified atom stereocenters. The number of Topliss-reactive ketones (excluding diaryl/α,β-unsaturated/α-hetero) is 1. The second kappa shape index (κ2) is 6.42. The zero-order valence-corrected chi connectivity index (χ0v) is 14.0. The molecule has 0 spiro atoms. The van der Waals surface area contributed by atoms with Gasteiger partial charge in [-0.25, -0.2) is 0 Å². The highest BCUT2D eigenvalue weighted by molar-refractivity contribution is 5.95. The first-order chi connectivity index (χ1) is 9.46. The molecule has 0 saturated heterocycles. The van der Waals surface area contributed by atoms with Gasteiger partial charge < -0.3 is 5.32 Å². The Bertz CT molecular complexity index is 519. The lowest BCUT2D eigenvalue weighted by molar-refractivity contribution is -0.120. The van der Waals surface area contributed by atoms with Gasteiger partial charge in [-0.2, -0.15) is 0 Å². The molecule has 3 heteroatoms. The fourth-order valence-electron chi connectivity index (χ4n) is 2.12. The highest BCUT2D eigenvalue weighted by Gasteiger charge is 2.18. The first kappa shape index (κ1) is 17.4. The summed E-state index contributed by atoms with van der Waals surface area (Å²) in [6, 6.07) is 7.31. The molecule has 3 nitrogen and oxygen atoms in total. The number of carbonyl (C=O) groups is 2. The summed E-state index contributed by atoms with van der Waals surface area (Å²) in [5.74, 6) is 0.100. The van der Waals surface area contributed by atoms with Gasteiger partial charge in [0.05, 0.1) is 0 Å². The summed E-state index contributed by atoms with van der Waals surface area (Å²) in [6.07, 6.45) is 0.930. The van der Waals surface area contributed by atoms with Crippen LogP contribution in [-0.2, 0) is 11.2 Å². The predicted octanol–water partition coefficient (Wildman–Crippen LogP) is 3.76. The highest BCUT2D eigenvalue weighted by atomic mass is 16.1. The standard InChI is InChI=1S/C18H27NO2/c1-17(2,3)12-15(20)11-13-8-7-9-14(10-13)16(21)19-18(4,5)6/h7-10H,11-12H2,1-6H3,(H,19,21). The van der Waals surface area contributed by atoms with E-state index in [1.165, 1.54) is 0 Å². The van der Waals surface area contributed by atoms with Gasteiger partial charge in [0.15, 0.2) is 0 Å². The molecule has 0 radical (unpaired) electrons. The fourth-order valence-corrected chi connectivity index (χ4v) is 2.12. The Morgan fingerprint density at radius 1 is 1.05 bits per heavy atom. The number of hydrogen-bond donors (Lipinski definition) is 1. The van der Waals surface area contributed by atoms with Gasteiger partial charge in [0.2, 0.25) is 0 Å². The minimum absolute atomic E-state index is 0.00168. The Labute approximate surface area is 128 Å². The molecule has 21 heavy (non-hydrogen) atoms. The van der Waals surface area contributed by atoms with Gasteiger partial charge in [-0.3, -0.25) is 9.59 Å². The lowest BCUT2D eigenvalue weighted by Gasteiger charge is -2.20. The van der Waals surface area contributed by atoms with Crippen LogP contribution in [-0.4, -0.2) is 17.2 Å². The van der Waals surface area contributed by atoms with Crippen LogP contribution in [0.25, 0.3) is 0 Å². The molecule has 1 N–H and O–H groups in total. The molecule has 0 aromatic heterocycles. The average molecular weight is 289 g/mol. The van der Waals surface area contributed by atoms with Crippen molar-refractivity contribution in [3.05, 3.63) is 35.4 Å². The van der Waals surface area contributed by atoms with E-state index in [9.17, 15) is 9.59 Å². The number of benzene rings is 1. The second-order valence-corrected chi connectivity index (χ2v) is 7.86. The van der Waals surface area contributed by atoms with Gasteiger partial charge in [0, 0.05) is 23.9 Å². The Kier molecular flexibility index (Phi) is 5.32. The van der Waals surface area contributed by atoms with E-state index in [0.29, 0.717) is 18.4 Å². The molecule has 0 aliphatic heterocycles. The van der Waals surface area contributed by atoms with Crippen molar-refractivity contribution < 1.29 is 9.59 Å². The SMILES string of the molecule is CC(C)(C)CC(=O)Cc1cccc(C(=O)NC(C)(C)C)c1. The number of nitrogens with one attached hydrogen (secondary N) is 1. The normalized spacial score (nSPS) is 12.1. The number of rotatable bonds is 4. The van der Waals surface area contributed by atoms with Gasteiger partial charge in [-0.05, 0) is 43.9 Å². The third kappa shape index (κ3) is 7.07. The summed E-state index contributed by atoms with van der Waals surface area (Å²) in [5, 5.41) is 2.93. The quantitative estimate of drug-likeness (QED) is 0.917. The molecule has 0 bridgehead atoms. The molecule has 0 fully saturated rings. The van der Waals surface area contributed by atoms with E-state index in [0.717, 1.165) is 5.56 Å². The Morgan fingerprint density at radius 3 is 2.19 bits per heavy atom. The molecule has 1 amide bonds. The Morgan fingerprint density at radius 2 is 1.67 bits per heavy atom. The van der Waals surface area contributed by atoms with Crippen LogP contribution in [0.5, 0.6) is 0 Å². The maximum Gasteiger partial charge on any atom is 0.251 e. The number of hydrogen-bond acceptors (Lipinski definition) is 2. The molecule has 0 saturated carbocycles. The van der Waals surface area contributed by atoms with Crippen LogP contribution in [0.1, 0.15) is 63.9 Å². The van der Waals surface area contributed by atoms with E-state index in [1.54, 1.807) is 6.07 Å². The van der Waals surface area contributed by atoms with Crippen LogP contribution < -0.4 is 5.32 Å². The first-order valence-corrected chi connectivity index (χ1v) is 7.39. The van der Waals surface area contributed by atoms with Crippen molar-refractivity contribution >= 4 is 11.7 Å². The van der Waals surface area contributed by atoms with Crippen molar-refractivity contribution in [1.29, 1.82) is 0 Å². The fraction of sp³-hybridized carbons (Fsp3) is 0.556. The topological polar surface area (TPSA) is 46.2 Å². The monoisotopic (exact) mass is 289 g/mol. The molecule has 0 aliphatic rings. The summed E-state index contributed by atoms with van der Waals surface area (Å²) >= 11 is 0. The lowest BCUT2D eigenvalue weighted by Crippen LogP contribution is -2.40. The zero-order valence-electron chi connectivity index (χ0n) is 14.0. The van der Waals surface area contributed by atoms with Crippen LogP contribution in [0.3, 0.4) is 0 Å². The van der Waals surface area contributed by atoms with Crippen LogP contribution in [0, 0.1) is 5.41 Å². The largest absolute Gasteiger partial charge is 0.347 e. The van der Waals surface area contributed by atoms with Crippen molar-refractivity contribution in [1.82, 2.24) is 5.32 Å². The van der Waals surface area contributed by atoms with Crippen molar-refractivity contribution in [2.75, 3.05) is 0 Å². The summed E-state index contributed by atoms with van der Waals surface area (Å²) in [6.45, 7) is 12.0. The number of amides is 1. The number of carbonyl (C=O) groups excluding carboxylic acids is 2. The van der Waals surface area contributed by atoms with E-state index >= 15 is 0 Å². The van der Waals surface area contributed by atoms with Crippen LogP contribution >= 0.6 is 0 Å². The summed E-state index contributed by atoms with van der Waals surface area (Å²) in [7, 11) is 0. The minimum Gasteiger partial charge on any atom is -0.347 e. The van der Waals surface area contributed by atoms with E-state index in [1.807, 2.05) is 39.0 Å². The zero-order chi connectivity index (χ0) is 16.3. The Hall–Kier alpha value is -1.64. The molecule has 1 rings (SSSR count). The second-order valence-electron chi connectivity index (χ2n) is 7.86. The van der Waals surface area contributed by atoms with Gasteiger partial charge in [-0.15, -0.1) is 0 Å². The maximum atomic E-state index is 12.1. The van der Waals surface area contributed by atoms with Gasteiger partial charge in [0.25, 0.3) is 5.91 Å². The van der Waals surface area contributed by atoms with Crippen molar-refractivity contribution in [2.24, 2.45) is 5.41 Å². The van der Waals surface area contributed by atoms with Crippen molar-refractivity contribution in [3.8, 4) is 0 Å². The molecule has 1 aromatic carbocycles. The summed E-state index contributed by atoms with van der Waals surface area (Å²) in [4.78, 5) is 24.2. The summed E-state index contributed by atoms with van der Waals surface area (Å²) in [5.41, 5.74) is 1.23. The molecule has 0 atom stereocenters. The summed E-state index contributed by atoms with van der Waals surface area (Å²) < 4.78 is 0. The third-order valence-electron chi connectivity index (χ3n) is 2.81. The Balaban J connectivity index is 2.77. The van der Waals surface area contributed by atoms with Crippen LogP contribution in [0.2, 0.25) is 0 Å². The van der Waals surface area contributed by atoms with E-state index in [-0.39, 0.29) is 22.6 Å². The molecule has 116 valence electrons. The predicted molar refractivity (Wildman–Crippen MR) is 86.4 cm³/mol. The number of ketones is 1. The average Bonchev–Trinajstić information content (AvgIpc) is 2.24. The lowest BCUT2D eigenvalue weighted by atomic mass is 9.88. The van der Waals surface area contributed by atoms with Gasteiger partial charge in [-0.1, -0.05) is 32.9 Å². The van der Waals surface area contributed by atoms with Gasteiger partial charge in [0.1, 0.15) is 5.78 Å². The maximum absolute atomic E-state index is 12.1. The molecule has 0 heterocycles. The van der Waals surface area contributed by atoms with Crippen molar-refractivity contribution in [2.45, 2.75) is 59.9 Å². The smallest absolute Gasteiger partial charge is 0.251 e. The van der Waals surface area contributed by atoms with E-state index < -0.39 is 0 Å². The van der Waals surface area contributed by atoms with Crippen molar-refractivity contribution in [3.63, 3.8) is 0 Å².